The van der Waals surface area contributed by atoms with E-state index in [1.165, 1.54) is 15.8 Å². The molecule has 0 radical (unpaired) electrons. The second-order valence-corrected chi connectivity index (χ2v) is 6.45. The molecule has 0 unspecified atom stereocenters. The quantitative estimate of drug-likeness (QED) is 0.677. The number of aromatic nitrogens is 1. The van der Waals surface area contributed by atoms with Crippen LogP contribution in [0.2, 0.25) is 0 Å². The van der Waals surface area contributed by atoms with Crippen LogP contribution < -0.4 is 5.32 Å². The van der Waals surface area contributed by atoms with Crippen molar-refractivity contribution in [3.05, 3.63) is 52.0 Å². The molecule has 0 amide bonds. The van der Waals surface area contributed by atoms with Crippen LogP contribution in [0.5, 0.6) is 0 Å². The highest BCUT2D eigenvalue weighted by Crippen LogP contribution is 2.31. The number of nitrogens with zero attached hydrogens (tertiary/aromatic N) is 1. The average Bonchev–Trinajstić information content (AvgIpc) is 2.76. The zero-order valence-corrected chi connectivity index (χ0v) is 13.1. The number of aryl methyl sites for hydroxylation is 1. The van der Waals surface area contributed by atoms with Crippen LogP contribution >= 0.6 is 27.3 Å². The molecule has 19 heavy (non-hydrogen) atoms. The number of anilines is 2. The molecule has 3 aromatic rings. The normalized spacial score (nSPS) is 10.9. The zero-order valence-electron chi connectivity index (χ0n) is 10.7. The van der Waals surface area contributed by atoms with Crippen LogP contribution in [0.25, 0.3) is 10.2 Å². The fraction of sp³-hybridized carbons (Fsp3) is 0.133. The van der Waals surface area contributed by atoms with E-state index in [0.29, 0.717) is 0 Å². The maximum Gasteiger partial charge on any atom is 0.188 e. The summed E-state index contributed by atoms with van der Waals surface area (Å²) in [5, 5.41) is 4.35. The maximum absolute atomic E-state index is 4.62. The molecule has 2 nitrogen and oxygen atoms in total. The molecule has 0 atom stereocenters. The minimum atomic E-state index is 0.932. The van der Waals surface area contributed by atoms with Gasteiger partial charge in [0.15, 0.2) is 5.13 Å². The molecule has 0 saturated heterocycles. The summed E-state index contributed by atoms with van der Waals surface area (Å²) in [4.78, 5) is 4.62. The molecule has 1 N–H and O–H groups in total. The van der Waals surface area contributed by atoms with Crippen molar-refractivity contribution in [3.8, 4) is 0 Å². The molecule has 1 heterocycles. The van der Waals surface area contributed by atoms with E-state index in [1.807, 2.05) is 12.1 Å². The van der Waals surface area contributed by atoms with Gasteiger partial charge in [-0.2, -0.15) is 0 Å². The van der Waals surface area contributed by atoms with Gasteiger partial charge in [0.05, 0.1) is 10.2 Å². The molecule has 4 heteroatoms. The molecule has 0 aliphatic rings. The van der Waals surface area contributed by atoms with Crippen molar-refractivity contribution >= 4 is 48.3 Å². The Kier molecular flexibility index (Phi) is 3.29. The molecule has 3 rings (SSSR count). The van der Waals surface area contributed by atoms with Gasteiger partial charge in [-0.05, 0) is 49.2 Å². The Labute approximate surface area is 124 Å². The fourth-order valence-corrected chi connectivity index (χ4v) is 3.16. The molecule has 96 valence electrons. The van der Waals surface area contributed by atoms with Crippen LogP contribution in [-0.2, 0) is 0 Å². The number of nitrogens with one attached hydrogen (secondary N) is 1. The molecular formula is C15H13BrN2S. The van der Waals surface area contributed by atoms with E-state index in [9.17, 15) is 0 Å². The van der Waals surface area contributed by atoms with E-state index in [2.05, 4.69) is 64.3 Å². The number of fused-ring (bicyclic) bond motifs is 1. The fourth-order valence-electron chi connectivity index (χ4n) is 1.96. The summed E-state index contributed by atoms with van der Waals surface area (Å²) < 4.78 is 2.25. The molecule has 0 aliphatic carbocycles. The predicted octanol–water partition coefficient (Wildman–Crippen LogP) is 5.42. The van der Waals surface area contributed by atoms with Gasteiger partial charge in [-0.15, -0.1) is 0 Å². The highest BCUT2D eigenvalue weighted by atomic mass is 79.9. The van der Waals surface area contributed by atoms with Crippen LogP contribution in [0.4, 0.5) is 10.8 Å². The van der Waals surface area contributed by atoms with Crippen molar-refractivity contribution in [1.29, 1.82) is 0 Å². The van der Waals surface area contributed by atoms with Crippen molar-refractivity contribution in [2.24, 2.45) is 0 Å². The van der Waals surface area contributed by atoms with Gasteiger partial charge in [-0.3, -0.25) is 0 Å². The average molecular weight is 333 g/mol. The first-order valence-electron chi connectivity index (χ1n) is 6.03. The number of hydrogen-bond acceptors (Lipinski definition) is 3. The van der Waals surface area contributed by atoms with E-state index in [4.69, 9.17) is 0 Å². The topological polar surface area (TPSA) is 24.9 Å². The van der Waals surface area contributed by atoms with Crippen molar-refractivity contribution in [2.75, 3.05) is 5.32 Å². The van der Waals surface area contributed by atoms with Gasteiger partial charge in [0.25, 0.3) is 0 Å². The standard InChI is InChI=1S/C15H13BrN2S/c1-9-4-3-5-12(10(9)2)17-15-18-13-8-11(16)6-7-14(13)19-15/h3-8H,1-2H3,(H,17,18). The minimum absolute atomic E-state index is 0.932. The van der Waals surface area contributed by atoms with Gasteiger partial charge in [0.2, 0.25) is 0 Å². The van der Waals surface area contributed by atoms with Crippen LogP contribution in [0, 0.1) is 13.8 Å². The smallest absolute Gasteiger partial charge is 0.188 e. The lowest BCUT2D eigenvalue weighted by atomic mass is 10.1. The SMILES string of the molecule is Cc1cccc(Nc2nc3cc(Br)ccc3s2)c1C. The molecule has 0 fully saturated rings. The van der Waals surface area contributed by atoms with E-state index in [-0.39, 0.29) is 0 Å². The Morgan fingerprint density at radius 3 is 2.84 bits per heavy atom. The van der Waals surface area contributed by atoms with Crippen LogP contribution in [0.3, 0.4) is 0 Å². The largest absolute Gasteiger partial charge is 0.331 e. The van der Waals surface area contributed by atoms with E-state index >= 15 is 0 Å². The zero-order chi connectivity index (χ0) is 13.4. The van der Waals surface area contributed by atoms with Crippen molar-refractivity contribution < 1.29 is 0 Å². The Balaban J connectivity index is 1.99. The van der Waals surface area contributed by atoms with Gasteiger partial charge in [-0.1, -0.05) is 39.4 Å². The lowest BCUT2D eigenvalue weighted by Gasteiger charge is -2.08. The van der Waals surface area contributed by atoms with E-state index in [1.54, 1.807) is 11.3 Å². The number of rotatable bonds is 2. The summed E-state index contributed by atoms with van der Waals surface area (Å²) in [5.74, 6) is 0. The third-order valence-electron chi connectivity index (χ3n) is 3.20. The number of hydrogen-bond donors (Lipinski definition) is 1. The van der Waals surface area contributed by atoms with Gasteiger partial charge in [-0.25, -0.2) is 4.98 Å². The van der Waals surface area contributed by atoms with Crippen LogP contribution in [-0.4, -0.2) is 4.98 Å². The highest BCUT2D eigenvalue weighted by Gasteiger charge is 2.06. The Bertz CT molecular complexity index is 749. The first kappa shape index (κ1) is 12.6. The second-order valence-electron chi connectivity index (χ2n) is 4.50. The third-order valence-corrected chi connectivity index (χ3v) is 4.64. The lowest BCUT2D eigenvalue weighted by molar-refractivity contribution is 1.32. The summed E-state index contributed by atoms with van der Waals surface area (Å²) in [6.07, 6.45) is 0. The van der Waals surface area contributed by atoms with Crippen molar-refractivity contribution in [2.45, 2.75) is 13.8 Å². The summed E-state index contributed by atoms with van der Waals surface area (Å²) >= 11 is 5.15. The molecule has 2 aromatic carbocycles. The molecule has 0 bridgehead atoms. The minimum Gasteiger partial charge on any atom is -0.331 e. The predicted molar refractivity (Wildman–Crippen MR) is 86.5 cm³/mol. The van der Waals surface area contributed by atoms with Crippen molar-refractivity contribution in [3.63, 3.8) is 0 Å². The molecule has 0 spiro atoms. The second kappa shape index (κ2) is 4.94. The highest BCUT2D eigenvalue weighted by molar-refractivity contribution is 9.10. The Morgan fingerprint density at radius 1 is 1.16 bits per heavy atom. The van der Waals surface area contributed by atoms with E-state index in [0.717, 1.165) is 20.8 Å². The monoisotopic (exact) mass is 332 g/mol. The maximum atomic E-state index is 4.62. The van der Waals surface area contributed by atoms with Crippen molar-refractivity contribution in [1.82, 2.24) is 4.98 Å². The summed E-state index contributed by atoms with van der Waals surface area (Å²) in [6.45, 7) is 4.25. The summed E-state index contributed by atoms with van der Waals surface area (Å²) in [5.41, 5.74) is 4.70. The summed E-state index contributed by atoms with van der Waals surface area (Å²) in [6, 6.07) is 12.4. The summed E-state index contributed by atoms with van der Waals surface area (Å²) in [7, 11) is 0. The van der Waals surface area contributed by atoms with Gasteiger partial charge in [0, 0.05) is 10.2 Å². The van der Waals surface area contributed by atoms with Crippen LogP contribution in [0.15, 0.2) is 40.9 Å². The van der Waals surface area contributed by atoms with Gasteiger partial charge < -0.3 is 5.32 Å². The number of benzene rings is 2. The Morgan fingerprint density at radius 2 is 2.00 bits per heavy atom. The first-order valence-corrected chi connectivity index (χ1v) is 7.64. The molecule has 1 aromatic heterocycles. The third kappa shape index (κ3) is 2.51. The molecule has 0 aliphatic heterocycles. The Hall–Kier alpha value is -1.39. The van der Waals surface area contributed by atoms with Gasteiger partial charge in [0.1, 0.15) is 0 Å². The number of thiazole rings is 1. The molecular weight excluding hydrogens is 320 g/mol. The number of halogens is 1. The van der Waals surface area contributed by atoms with E-state index < -0.39 is 0 Å². The van der Waals surface area contributed by atoms with Gasteiger partial charge >= 0.3 is 0 Å². The van der Waals surface area contributed by atoms with Crippen LogP contribution in [0.1, 0.15) is 11.1 Å². The molecule has 0 saturated carbocycles. The first-order chi connectivity index (χ1) is 9.13. The lowest BCUT2D eigenvalue weighted by Crippen LogP contribution is -1.93.